The minimum Gasteiger partial charge on any atom is -0.485 e. The molecular formula is C10H13BF2O. The van der Waals surface area contributed by atoms with E-state index >= 15 is 0 Å². The van der Waals surface area contributed by atoms with Gasteiger partial charge in [-0.3, -0.25) is 0 Å². The highest BCUT2D eigenvalue weighted by Crippen LogP contribution is 2.21. The third kappa shape index (κ3) is 2.47. The quantitative estimate of drug-likeness (QED) is 0.667. The Morgan fingerprint density at radius 2 is 1.86 bits per heavy atom. The average Bonchev–Trinajstić information content (AvgIpc) is 2.10. The Hall–Kier alpha value is -1.06. The molecular weight excluding hydrogens is 185 g/mol. The van der Waals surface area contributed by atoms with E-state index in [4.69, 9.17) is 4.74 Å². The van der Waals surface area contributed by atoms with E-state index in [1.54, 1.807) is 14.8 Å². The minimum absolute atomic E-state index is 0.179. The molecule has 0 aliphatic heterocycles. The first-order valence-electron chi connectivity index (χ1n) is 4.67. The van der Waals surface area contributed by atoms with Gasteiger partial charge in [0.15, 0.2) is 17.4 Å². The number of hydrogen-bond donors (Lipinski definition) is 0. The standard InChI is InChI=1S/C10H13BF2O/c1-3-6(2)14-10-8(12)4-7(11)5-9(10)13/h4-6H,3,11H2,1-2H3. The molecule has 0 radical (unpaired) electrons. The zero-order chi connectivity index (χ0) is 10.7. The topological polar surface area (TPSA) is 9.23 Å². The van der Waals surface area contributed by atoms with Crippen molar-refractivity contribution in [2.75, 3.05) is 0 Å². The molecule has 0 N–H and O–H groups in total. The molecule has 0 saturated carbocycles. The SMILES string of the molecule is Bc1cc(F)c(OC(C)CC)c(F)c1. The minimum atomic E-state index is -0.636. The van der Waals surface area contributed by atoms with Crippen molar-refractivity contribution in [3.05, 3.63) is 23.8 Å². The van der Waals surface area contributed by atoms with Crippen LogP contribution < -0.4 is 10.2 Å². The Kier molecular flexibility index (Phi) is 3.50. The highest BCUT2D eigenvalue weighted by molar-refractivity contribution is 6.32. The molecule has 76 valence electrons. The predicted molar refractivity (Wildman–Crippen MR) is 54.9 cm³/mol. The van der Waals surface area contributed by atoms with Crippen LogP contribution in [-0.4, -0.2) is 14.0 Å². The number of halogens is 2. The van der Waals surface area contributed by atoms with E-state index in [0.29, 0.717) is 11.9 Å². The largest absolute Gasteiger partial charge is 0.485 e. The normalized spacial score (nSPS) is 12.6. The van der Waals surface area contributed by atoms with Crippen molar-refractivity contribution in [3.8, 4) is 5.75 Å². The number of rotatable bonds is 3. The number of benzene rings is 1. The van der Waals surface area contributed by atoms with Gasteiger partial charge < -0.3 is 4.74 Å². The van der Waals surface area contributed by atoms with E-state index < -0.39 is 11.6 Å². The monoisotopic (exact) mass is 198 g/mol. The second-order valence-electron chi connectivity index (χ2n) is 3.39. The van der Waals surface area contributed by atoms with Gasteiger partial charge in [0.05, 0.1) is 6.10 Å². The Labute approximate surface area is 83.5 Å². The third-order valence-corrected chi connectivity index (χ3v) is 2.04. The van der Waals surface area contributed by atoms with Gasteiger partial charge in [-0.2, -0.15) is 0 Å². The van der Waals surface area contributed by atoms with Gasteiger partial charge in [-0.15, -0.1) is 0 Å². The summed E-state index contributed by atoms with van der Waals surface area (Å²) in [5.74, 6) is -1.55. The van der Waals surface area contributed by atoms with E-state index in [1.165, 1.54) is 12.1 Å². The fourth-order valence-corrected chi connectivity index (χ4v) is 1.08. The van der Waals surface area contributed by atoms with Crippen LogP contribution in [0, 0.1) is 11.6 Å². The highest BCUT2D eigenvalue weighted by Gasteiger charge is 2.13. The lowest BCUT2D eigenvalue weighted by molar-refractivity contribution is 0.198. The van der Waals surface area contributed by atoms with Crippen molar-refractivity contribution in [2.24, 2.45) is 0 Å². The maximum Gasteiger partial charge on any atom is 0.190 e. The lowest BCUT2D eigenvalue weighted by Crippen LogP contribution is -2.14. The van der Waals surface area contributed by atoms with Gasteiger partial charge in [0, 0.05) is 0 Å². The molecule has 0 aliphatic rings. The van der Waals surface area contributed by atoms with Gasteiger partial charge in [-0.05, 0) is 25.5 Å². The van der Waals surface area contributed by atoms with Crippen molar-refractivity contribution in [2.45, 2.75) is 26.4 Å². The van der Waals surface area contributed by atoms with Gasteiger partial charge in [0.2, 0.25) is 0 Å². The van der Waals surface area contributed by atoms with Gasteiger partial charge >= 0.3 is 0 Å². The van der Waals surface area contributed by atoms with Gasteiger partial charge in [-0.25, -0.2) is 8.78 Å². The van der Waals surface area contributed by atoms with Crippen LogP contribution in [0.25, 0.3) is 0 Å². The summed E-state index contributed by atoms with van der Waals surface area (Å²) in [7, 11) is 1.64. The van der Waals surface area contributed by atoms with Crippen LogP contribution in [0.5, 0.6) is 5.75 Å². The first kappa shape index (κ1) is 11.0. The lowest BCUT2D eigenvalue weighted by atomic mass is 9.96. The first-order valence-corrected chi connectivity index (χ1v) is 4.67. The summed E-state index contributed by atoms with van der Waals surface area (Å²) in [6.45, 7) is 3.67. The van der Waals surface area contributed by atoms with Gasteiger partial charge in [0.25, 0.3) is 0 Å². The van der Waals surface area contributed by atoms with Gasteiger partial charge in [-0.1, -0.05) is 12.4 Å². The first-order chi connectivity index (χ1) is 6.54. The number of hydrogen-bond acceptors (Lipinski definition) is 1. The van der Waals surface area contributed by atoms with Crippen LogP contribution >= 0.6 is 0 Å². The van der Waals surface area contributed by atoms with Crippen LogP contribution in [0.1, 0.15) is 20.3 Å². The summed E-state index contributed by atoms with van der Waals surface area (Å²) in [6, 6.07) is 2.53. The van der Waals surface area contributed by atoms with E-state index in [-0.39, 0.29) is 11.9 Å². The lowest BCUT2D eigenvalue weighted by Gasteiger charge is -2.14. The Morgan fingerprint density at radius 3 is 2.29 bits per heavy atom. The van der Waals surface area contributed by atoms with Crippen molar-refractivity contribution < 1.29 is 13.5 Å². The summed E-state index contributed by atoms with van der Waals surface area (Å²) in [5.41, 5.74) is 0.552. The van der Waals surface area contributed by atoms with E-state index in [2.05, 4.69) is 0 Å². The van der Waals surface area contributed by atoms with Crippen LogP contribution in [0.15, 0.2) is 12.1 Å². The summed E-state index contributed by atoms with van der Waals surface area (Å²) in [6.07, 6.45) is 0.536. The molecule has 0 fully saturated rings. The molecule has 0 heterocycles. The Bertz CT molecular complexity index is 305. The maximum atomic E-state index is 13.2. The highest BCUT2D eigenvalue weighted by atomic mass is 19.1. The zero-order valence-electron chi connectivity index (χ0n) is 8.60. The maximum absolute atomic E-state index is 13.2. The molecule has 1 rings (SSSR count). The van der Waals surface area contributed by atoms with Crippen molar-refractivity contribution in [1.82, 2.24) is 0 Å². The molecule has 1 aromatic rings. The van der Waals surface area contributed by atoms with Crippen molar-refractivity contribution in [1.29, 1.82) is 0 Å². The van der Waals surface area contributed by atoms with Crippen LogP contribution in [-0.2, 0) is 0 Å². The summed E-state index contributed by atoms with van der Waals surface area (Å²) in [5, 5.41) is 0. The van der Waals surface area contributed by atoms with Crippen LogP contribution in [0.4, 0.5) is 8.78 Å². The van der Waals surface area contributed by atoms with Crippen LogP contribution in [0.3, 0.4) is 0 Å². The summed E-state index contributed by atoms with van der Waals surface area (Å²) < 4.78 is 31.6. The van der Waals surface area contributed by atoms with Crippen LogP contribution in [0.2, 0.25) is 0 Å². The molecule has 4 heteroatoms. The molecule has 1 atom stereocenters. The van der Waals surface area contributed by atoms with Gasteiger partial charge in [0.1, 0.15) is 7.85 Å². The summed E-state index contributed by atoms with van der Waals surface area (Å²) >= 11 is 0. The Morgan fingerprint density at radius 1 is 1.36 bits per heavy atom. The molecule has 1 aromatic carbocycles. The molecule has 0 spiro atoms. The van der Waals surface area contributed by atoms with Crippen molar-refractivity contribution >= 4 is 13.3 Å². The van der Waals surface area contributed by atoms with E-state index in [9.17, 15) is 8.78 Å². The molecule has 0 aliphatic carbocycles. The molecule has 1 unspecified atom stereocenters. The molecule has 0 bridgehead atoms. The predicted octanol–water partition coefficient (Wildman–Crippen LogP) is 1.40. The van der Waals surface area contributed by atoms with E-state index in [0.717, 1.165) is 0 Å². The molecule has 0 aromatic heterocycles. The zero-order valence-corrected chi connectivity index (χ0v) is 8.60. The van der Waals surface area contributed by atoms with Crippen molar-refractivity contribution in [3.63, 3.8) is 0 Å². The van der Waals surface area contributed by atoms with E-state index in [1.807, 2.05) is 6.92 Å². The Balaban J connectivity index is 2.96. The third-order valence-electron chi connectivity index (χ3n) is 2.04. The number of ether oxygens (including phenoxy) is 1. The second-order valence-corrected chi connectivity index (χ2v) is 3.39. The molecule has 0 saturated heterocycles. The smallest absolute Gasteiger partial charge is 0.190 e. The molecule has 1 nitrogen and oxygen atoms in total. The fraction of sp³-hybridized carbons (Fsp3) is 0.400. The second kappa shape index (κ2) is 4.44. The molecule has 0 amide bonds. The fourth-order valence-electron chi connectivity index (χ4n) is 1.08. The summed E-state index contributed by atoms with van der Waals surface area (Å²) in [4.78, 5) is 0. The average molecular weight is 198 g/mol. The molecule has 14 heavy (non-hydrogen) atoms.